The molecule has 1 heterocycles. The van der Waals surface area contributed by atoms with Gasteiger partial charge in [0.1, 0.15) is 5.82 Å². The van der Waals surface area contributed by atoms with E-state index >= 15 is 0 Å². The van der Waals surface area contributed by atoms with Gasteiger partial charge in [0.25, 0.3) is 0 Å². The molecule has 1 saturated carbocycles. The van der Waals surface area contributed by atoms with E-state index in [-0.39, 0.29) is 0 Å². The molecule has 2 heteroatoms. The number of hydrogen-bond donors (Lipinski definition) is 1. The molecule has 1 spiro atoms. The predicted octanol–water partition coefficient (Wildman–Crippen LogP) is 4.97. The maximum Gasteiger partial charge on any atom is 0.131 e. The zero-order valence-electron chi connectivity index (χ0n) is 13.8. The molecule has 2 nitrogen and oxygen atoms in total. The van der Waals surface area contributed by atoms with E-state index in [9.17, 15) is 0 Å². The third-order valence-corrected chi connectivity index (χ3v) is 6.36. The van der Waals surface area contributed by atoms with Crippen molar-refractivity contribution < 1.29 is 0 Å². The molecule has 2 aromatic carbocycles. The molecule has 0 amide bonds. The number of nitrogen functional groups attached to an aromatic ring is 1. The molecular formula is C22H22N2. The summed E-state index contributed by atoms with van der Waals surface area (Å²) in [4.78, 5) is 4.28. The number of hydrogen-bond acceptors (Lipinski definition) is 2. The van der Waals surface area contributed by atoms with Crippen LogP contribution in [-0.4, -0.2) is 4.98 Å². The van der Waals surface area contributed by atoms with E-state index in [0.717, 1.165) is 11.8 Å². The van der Waals surface area contributed by atoms with Crippen molar-refractivity contribution in [1.29, 1.82) is 0 Å². The second-order valence-electron chi connectivity index (χ2n) is 7.45. The summed E-state index contributed by atoms with van der Waals surface area (Å²) in [5, 5.41) is 2.28. The molecule has 2 N–H and O–H groups in total. The minimum atomic E-state index is 0.335. The van der Waals surface area contributed by atoms with Crippen molar-refractivity contribution in [3.05, 3.63) is 71.4 Å². The minimum absolute atomic E-state index is 0.335. The summed E-state index contributed by atoms with van der Waals surface area (Å²) in [6.45, 7) is 0. The summed E-state index contributed by atoms with van der Waals surface area (Å²) < 4.78 is 0. The smallest absolute Gasteiger partial charge is 0.131 e. The number of aromatic nitrogens is 1. The third-order valence-electron chi connectivity index (χ3n) is 6.36. The molecule has 120 valence electrons. The molecular weight excluding hydrogens is 292 g/mol. The monoisotopic (exact) mass is 314 g/mol. The lowest BCUT2D eigenvalue weighted by Gasteiger charge is -2.33. The van der Waals surface area contributed by atoms with E-state index in [4.69, 9.17) is 5.73 Å². The Balaban J connectivity index is 1.68. The van der Waals surface area contributed by atoms with Crippen molar-refractivity contribution in [3.8, 4) is 0 Å². The Labute approximate surface area is 142 Å². The van der Waals surface area contributed by atoms with E-state index in [1.807, 2.05) is 6.07 Å². The highest BCUT2D eigenvalue weighted by Gasteiger charge is 2.48. The van der Waals surface area contributed by atoms with Gasteiger partial charge in [-0.05, 0) is 59.4 Å². The van der Waals surface area contributed by atoms with Gasteiger partial charge in [-0.15, -0.1) is 0 Å². The van der Waals surface area contributed by atoms with Crippen LogP contribution in [0.3, 0.4) is 0 Å². The van der Waals surface area contributed by atoms with Gasteiger partial charge in [-0.1, -0.05) is 49.2 Å². The zero-order chi connectivity index (χ0) is 16.1. The molecule has 3 aromatic rings. The average Bonchev–Trinajstić information content (AvgIpc) is 3.22. The Morgan fingerprint density at radius 2 is 1.83 bits per heavy atom. The van der Waals surface area contributed by atoms with Crippen LogP contribution >= 0.6 is 0 Å². The standard InChI is InChI=1S/C22H22N2/c23-21-18-13-17(8-7-15(18)9-12-24-21)20-14-16-5-1-2-6-19(16)22(20)10-3-4-11-22/h1-2,5-9,12-13,20H,3-4,10-11,14H2,(H2,23,24). The Hall–Kier alpha value is -2.35. The molecule has 2 aliphatic rings. The fourth-order valence-electron chi connectivity index (χ4n) is 5.27. The first-order valence-corrected chi connectivity index (χ1v) is 9.00. The molecule has 5 rings (SSSR count). The summed E-state index contributed by atoms with van der Waals surface area (Å²) >= 11 is 0. The lowest BCUT2D eigenvalue weighted by atomic mass is 9.70. The second kappa shape index (κ2) is 5.07. The van der Waals surface area contributed by atoms with Crippen molar-refractivity contribution in [1.82, 2.24) is 4.98 Å². The van der Waals surface area contributed by atoms with Crippen LogP contribution in [0, 0.1) is 0 Å². The van der Waals surface area contributed by atoms with E-state index < -0.39 is 0 Å². The van der Waals surface area contributed by atoms with Gasteiger partial charge in [0, 0.05) is 17.0 Å². The van der Waals surface area contributed by atoms with Crippen LogP contribution in [0.1, 0.15) is 48.3 Å². The zero-order valence-corrected chi connectivity index (χ0v) is 13.8. The summed E-state index contributed by atoms with van der Waals surface area (Å²) in [7, 11) is 0. The lowest BCUT2D eigenvalue weighted by Crippen LogP contribution is -2.26. The van der Waals surface area contributed by atoms with Crippen LogP contribution in [0.5, 0.6) is 0 Å². The largest absolute Gasteiger partial charge is 0.383 e. The Morgan fingerprint density at radius 1 is 1.00 bits per heavy atom. The van der Waals surface area contributed by atoms with Crippen LogP contribution in [0.15, 0.2) is 54.7 Å². The van der Waals surface area contributed by atoms with Crippen LogP contribution in [0.25, 0.3) is 10.8 Å². The van der Waals surface area contributed by atoms with E-state index in [2.05, 4.69) is 47.4 Å². The van der Waals surface area contributed by atoms with E-state index in [1.54, 1.807) is 17.3 Å². The van der Waals surface area contributed by atoms with Gasteiger partial charge in [-0.25, -0.2) is 4.98 Å². The van der Waals surface area contributed by atoms with Gasteiger partial charge in [0.15, 0.2) is 0 Å². The lowest BCUT2D eigenvalue weighted by molar-refractivity contribution is 0.380. The van der Waals surface area contributed by atoms with Gasteiger partial charge in [-0.3, -0.25) is 0 Å². The molecule has 0 saturated heterocycles. The topological polar surface area (TPSA) is 38.9 Å². The second-order valence-corrected chi connectivity index (χ2v) is 7.45. The molecule has 1 aromatic heterocycles. The van der Waals surface area contributed by atoms with Gasteiger partial charge in [0.2, 0.25) is 0 Å². The highest BCUT2D eigenvalue weighted by Crippen LogP contribution is 2.57. The first kappa shape index (κ1) is 14.0. The predicted molar refractivity (Wildman–Crippen MR) is 99.2 cm³/mol. The van der Waals surface area contributed by atoms with Crippen molar-refractivity contribution in [2.24, 2.45) is 0 Å². The summed E-state index contributed by atoms with van der Waals surface area (Å²) in [5.74, 6) is 1.21. The number of nitrogens with zero attached hydrogens (tertiary/aromatic N) is 1. The Kier molecular flexibility index (Phi) is 2.97. The third kappa shape index (κ3) is 1.86. The van der Waals surface area contributed by atoms with Gasteiger partial charge in [0.05, 0.1) is 0 Å². The number of rotatable bonds is 1. The highest BCUT2D eigenvalue weighted by molar-refractivity contribution is 5.91. The molecule has 1 unspecified atom stereocenters. The van der Waals surface area contributed by atoms with Gasteiger partial charge >= 0.3 is 0 Å². The summed E-state index contributed by atoms with van der Waals surface area (Å²) in [6.07, 6.45) is 8.28. The highest BCUT2D eigenvalue weighted by atomic mass is 14.8. The molecule has 24 heavy (non-hydrogen) atoms. The number of pyridine rings is 1. The van der Waals surface area contributed by atoms with Crippen molar-refractivity contribution >= 4 is 16.6 Å². The quantitative estimate of drug-likeness (QED) is 0.689. The maximum absolute atomic E-state index is 6.14. The van der Waals surface area contributed by atoms with Crippen LogP contribution < -0.4 is 5.73 Å². The first-order chi connectivity index (χ1) is 11.8. The van der Waals surface area contributed by atoms with Crippen LogP contribution in [0.4, 0.5) is 5.82 Å². The number of nitrogens with two attached hydrogens (primary N) is 1. The van der Waals surface area contributed by atoms with Crippen LogP contribution in [-0.2, 0) is 11.8 Å². The molecule has 0 aliphatic heterocycles. The molecule has 1 atom stereocenters. The van der Waals surface area contributed by atoms with E-state index in [1.165, 1.54) is 36.6 Å². The molecule has 0 radical (unpaired) electrons. The Bertz CT molecular complexity index is 922. The van der Waals surface area contributed by atoms with Crippen LogP contribution in [0.2, 0.25) is 0 Å². The number of fused-ring (bicyclic) bond motifs is 3. The van der Waals surface area contributed by atoms with E-state index in [0.29, 0.717) is 17.2 Å². The van der Waals surface area contributed by atoms with Gasteiger partial charge in [-0.2, -0.15) is 0 Å². The fraction of sp³-hybridized carbons (Fsp3) is 0.318. The fourth-order valence-corrected chi connectivity index (χ4v) is 5.27. The summed E-state index contributed by atoms with van der Waals surface area (Å²) in [6, 6.07) is 18.0. The molecule has 1 fully saturated rings. The minimum Gasteiger partial charge on any atom is -0.383 e. The summed E-state index contributed by atoms with van der Waals surface area (Å²) in [5.41, 5.74) is 11.1. The first-order valence-electron chi connectivity index (χ1n) is 9.00. The van der Waals surface area contributed by atoms with Crippen molar-refractivity contribution in [2.75, 3.05) is 5.73 Å². The molecule has 2 aliphatic carbocycles. The van der Waals surface area contributed by atoms with Crippen molar-refractivity contribution in [2.45, 2.75) is 43.4 Å². The SMILES string of the molecule is Nc1nccc2ccc(C3Cc4ccccc4C34CCCC4)cc12. The number of anilines is 1. The van der Waals surface area contributed by atoms with Crippen molar-refractivity contribution in [3.63, 3.8) is 0 Å². The molecule has 0 bridgehead atoms. The van der Waals surface area contributed by atoms with Gasteiger partial charge < -0.3 is 5.73 Å². The normalized spacial score (nSPS) is 21.4. The maximum atomic E-state index is 6.14. The number of benzene rings is 2. The average molecular weight is 314 g/mol. The Morgan fingerprint density at radius 3 is 2.71 bits per heavy atom.